The van der Waals surface area contributed by atoms with Crippen molar-refractivity contribution in [1.29, 1.82) is 0 Å². The van der Waals surface area contributed by atoms with Gasteiger partial charge < -0.3 is 10.6 Å². The molecule has 0 atom stereocenters. The molecule has 1 aliphatic heterocycles. The molecule has 1 heterocycles. The molecule has 1 saturated heterocycles. The predicted octanol–water partition coefficient (Wildman–Crippen LogP) is 2.40. The molecule has 2 amide bonds. The van der Waals surface area contributed by atoms with E-state index >= 15 is 0 Å². The summed E-state index contributed by atoms with van der Waals surface area (Å²) in [5.74, 6) is -0.391. The Morgan fingerprint density at radius 2 is 1.72 bits per heavy atom. The van der Waals surface area contributed by atoms with Gasteiger partial charge in [0.25, 0.3) is 5.91 Å². The minimum atomic E-state index is -3.42. The molecule has 0 spiro atoms. The van der Waals surface area contributed by atoms with Crippen molar-refractivity contribution in [2.24, 2.45) is 0 Å². The second kappa shape index (κ2) is 9.19. The van der Waals surface area contributed by atoms with Gasteiger partial charge in [0.2, 0.25) is 15.9 Å². The highest BCUT2D eigenvalue weighted by atomic mass is 32.2. The summed E-state index contributed by atoms with van der Waals surface area (Å²) >= 11 is 0. The highest BCUT2D eigenvalue weighted by Crippen LogP contribution is 2.21. The number of carbonyl (C=O) groups is 2. The number of benzene rings is 2. The molecule has 1 aliphatic rings. The first-order chi connectivity index (χ1) is 13.9. The van der Waals surface area contributed by atoms with Gasteiger partial charge in [-0.15, -0.1) is 0 Å². The van der Waals surface area contributed by atoms with Gasteiger partial charge in [-0.1, -0.05) is 18.2 Å². The van der Waals surface area contributed by atoms with E-state index < -0.39 is 10.0 Å². The molecule has 154 valence electrons. The van der Waals surface area contributed by atoms with Gasteiger partial charge in [-0.3, -0.25) is 9.59 Å². The number of nitrogens with one attached hydrogen (secondary N) is 2. The van der Waals surface area contributed by atoms with Crippen LogP contribution in [0.15, 0.2) is 53.4 Å². The van der Waals surface area contributed by atoms with Crippen LogP contribution in [0.5, 0.6) is 0 Å². The number of sulfonamides is 1. The topological polar surface area (TPSA) is 95.6 Å². The molecule has 2 aromatic rings. The summed E-state index contributed by atoms with van der Waals surface area (Å²) < 4.78 is 26.6. The maximum atomic E-state index is 12.5. The first-order valence-corrected chi connectivity index (χ1v) is 11.1. The van der Waals surface area contributed by atoms with Crippen LogP contribution < -0.4 is 10.6 Å². The Morgan fingerprint density at radius 1 is 1.03 bits per heavy atom. The quantitative estimate of drug-likeness (QED) is 0.726. The highest BCUT2D eigenvalue weighted by Gasteiger charge is 2.26. The summed E-state index contributed by atoms with van der Waals surface area (Å²) in [5, 5.41) is 5.33. The maximum Gasteiger partial charge on any atom is 0.251 e. The fraction of sp³-hybridized carbons (Fsp3) is 0.333. The van der Waals surface area contributed by atoms with E-state index in [1.807, 2.05) is 0 Å². The lowest BCUT2D eigenvalue weighted by Gasteiger charge is -2.15. The summed E-state index contributed by atoms with van der Waals surface area (Å²) in [7, 11) is -1.87. The van der Waals surface area contributed by atoms with E-state index in [1.54, 1.807) is 55.6 Å². The first-order valence-electron chi connectivity index (χ1n) is 9.61. The number of rotatable bonds is 7. The molecule has 0 radical (unpaired) electrons. The van der Waals surface area contributed by atoms with Crippen LogP contribution in [-0.2, 0) is 21.2 Å². The zero-order valence-corrected chi connectivity index (χ0v) is 17.2. The lowest BCUT2D eigenvalue weighted by atomic mass is 10.1. The molecule has 0 aliphatic carbocycles. The number of hydrogen-bond acceptors (Lipinski definition) is 4. The Morgan fingerprint density at radius 3 is 2.38 bits per heavy atom. The molecule has 2 aromatic carbocycles. The normalized spacial score (nSPS) is 14.5. The standard InChI is InChI=1S/C21H25N3O4S/c1-22-21(26)17-5-4-6-18(15-17)23-20(25)12-9-16-7-10-19(11-8-16)29(27,28)24-13-2-3-14-24/h4-8,10-11,15H,2-3,9,12-14H2,1H3,(H,22,26)(H,23,25). The van der Waals surface area contributed by atoms with Crippen molar-refractivity contribution in [1.82, 2.24) is 9.62 Å². The van der Waals surface area contributed by atoms with Gasteiger partial charge in [-0.25, -0.2) is 8.42 Å². The fourth-order valence-corrected chi connectivity index (χ4v) is 4.79. The van der Waals surface area contributed by atoms with Gasteiger partial charge in [0.1, 0.15) is 0 Å². The Bertz CT molecular complexity index is 981. The molecule has 0 unspecified atom stereocenters. The lowest BCUT2D eigenvalue weighted by molar-refractivity contribution is -0.116. The molecule has 3 rings (SSSR count). The Kier molecular flexibility index (Phi) is 6.66. The summed E-state index contributed by atoms with van der Waals surface area (Å²) in [6, 6.07) is 13.4. The average molecular weight is 416 g/mol. The third-order valence-electron chi connectivity index (χ3n) is 4.90. The van der Waals surface area contributed by atoms with Crippen molar-refractivity contribution in [2.75, 3.05) is 25.5 Å². The average Bonchev–Trinajstić information content (AvgIpc) is 3.28. The van der Waals surface area contributed by atoms with Crippen LogP contribution in [0.25, 0.3) is 0 Å². The molecule has 8 heteroatoms. The first kappa shape index (κ1) is 21.0. The van der Waals surface area contributed by atoms with Crippen molar-refractivity contribution >= 4 is 27.5 Å². The van der Waals surface area contributed by atoms with Crippen LogP contribution >= 0.6 is 0 Å². The van der Waals surface area contributed by atoms with Crippen molar-refractivity contribution in [3.05, 3.63) is 59.7 Å². The molecule has 2 N–H and O–H groups in total. The molecule has 0 saturated carbocycles. The third-order valence-corrected chi connectivity index (χ3v) is 6.82. The SMILES string of the molecule is CNC(=O)c1cccc(NC(=O)CCc2ccc(S(=O)(=O)N3CCCC3)cc2)c1. The molecular weight excluding hydrogens is 390 g/mol. The monoisotopic (exact) mass is 415 g/mol. The van der Waals surface area contributed by atoms with Gasteiger partial charge in [-0.2, -0.15) is 4.31 Å². The number of hydrogen-bond donors (Lipinski definition) is 2. The van der Waals surface area contributed by atoms with E-state index in [0.29, 0.717) is 35.7 Å². The van der Waals surface area contributed by atoms with Gasteiger partial charge in [0.15, 0.2) is 0 Å². The maximum absolute atomic E-state index is 12.5. The van der Waals surface area contributed by atoms with Gasteiger partial charge in [-0.05, 0) is 55.2 Å². The molecule has 29 heavy (non-hydrogen) atoms. The van der Waals surface area contributed by atoms with E-state index in [4.69, 9.17) is 0 Å². The van der Waals surface area contributed by atoms with E-state index in [0.717, 1.165) is 18.4 Å². The van der Waals surface area contributed by atoms with Crippen molar-refractivity contribution in [3.8, 4) is 0 Å². The second-order valence-corrected chi connectivity index (χ2v) is 8.90. The number of anilines is 1. The van der Waals surface area contributed by atoms with Crippen molar-refractivity contribution in [3.63, 3.8) is 0 Å². The zero-order chi connectivity index (χ0) is 20.9. The molecule has 1 fully saturated rings. The molecular formula is C21H25N3O4S. The van der Waals surface area contributed by atoms with E-state index in [9.17, 15) is 18.0 Å². The van der Waals surface area contributed by atoms with Crippen LogP contribution in [0.2, 0.25) is 0 Å². The van der Waals surface area contributed by atoms with E-state index in [-0.39, 0.29) is 18.2 Å². The second-order valence-electron chi connectivity index (χ2n) is 6.96. The Balaban J connectivity index is 1.56. The summed E-state index contributed by atoms with van der Waals surface area (Å²) in [6.45, 7) is 1.15. The van der Waals surface area contributed by atoms with Crippen LogP contribution in [0.4, 0.5) is 5.69 Å². The zero-order valence-electron chi connectivity index (χ0n) is 16.3. The number of amides is 2. The minimum absolute atomic E-state index is 0.173. The van der Waals surface area contributed by atoms with Gasteiger partial charge in [0.05, 0.1) is 4.90 Å². The fourth-order valence-electron chi connectivity index (χ4n) is 3.27. The largest absolute Gasteiger partial charge is 0.355 e. The van der Waals surface area contributed by atoms with Crippen LogP contribution in [-0.4, -0.2) is 44.7 Å². The van der Waals surface area contributed by atoms with E-state index in [1.165, 1.54) is 4.31 Å². The van der Waals surface area contributed by atoms with Crippen molar-refractivity contribution in [2.45, 2.75) is 30.6 Å². The smallest absolute Gasteiger partial charge is 0.251 e. The van der Waals surface area contributed by atoms with Gasteiger partial charge >= 0.3 is 0 Å². The minimum Gasteiger partial charge on any atom is -0.355 e. The van der Waals surface area contributed by atoms with Crippen LogP contribution in [0, 0.1) is 0 Å². The molecule has 7 nitrogen and oxygen atoms in total. The Hall–Kier alpha value is -2.71. The lowest BCUT2D eigenvalue weighted by Crippen LogP contribution is -2.27. The number of nitrogens with zero attached hydrogens (tertiary/aromatic N) is 1. The predicted molar refractivity (Wildman–Crippen MR) is 111 cm³/mol. The summed E-state index contributed by atoms with van der Waals surface area (Å²) in [5.41, 5.74) is 1.92. The van der Waals surface area contributed by atoms with Gasteiger partial charge in [0, 0.05) is 37.8 Å². The van der Waals surface area contributed by atoms with Crippen molar-refractivity contribution < 1.29 is 18.0 Å². The van der Waals surface area contributed by atoms with E-state index in [2.05, 4.69) is 10.6 Å². The summed E-state index contributed by atoms with van der Waals surface area (Å²) in [6.07, 6.45) is 2.55. The van der Waals surface area contributed by atoms with Crippen LogP contribution in [0.3, 0.4) is 0 Å². The number of carbonyl (C=O) groups excluding carboxylic acids is 2. The highest BCUT2D eigenvalue weighted by molar-refractivity contribution is 7.89. The summed E-state index contributed by atoms with van der Waals surface area (Å²) in [4.78, 5) is 24.2. The molecule has 0 bridgehead atoms. The molecule has 0 aromatic heterocycles. The van der Waals surface area contributed by atoms with Crippen LogP contribution in [0.1, 0.15) is 35.2 Å². The third kappa shape index (κ3) is 5.21. The number of aryl methyl sites for hydroxylation is 1. The Labute approximate surface area is 171 Å².